The lowest BCUT2D eigenvalue weighted by Crippen LogP contribution is -2.23. The molecule has 0 unspecified atom stereocenters. The van der Waals surface area contributed by atoms with Gasteiger partial charge in [-0.25, -0.2) is 8.42 Å². The van der Waals surface area contributed by atoms with Gasteiger partial charge in [-0.2, -0.15) is 0 Å². The lowest BCUT2D eigenvalue weighted by atomic mass is 10.1. The second-order valence-corrected chi connectivity index (χ2v) is 9.94. The van der Waals surface area contributed by atoms with Gasteiger partial charge >= 0.3 is 0 Å². The smallest absolute Gasteiger partial charge is 0.252 e. The first-order chi connectivity index (χ1) is 16.1. The van der Waals surface area contributed by atoms with Crippen LogP contribution in [0, 0.1) is 0 Å². The average molecular weight is 505 g/mol. The number of methoxy groups -OCH3 is 1. The van der Waals surface area contributed by atoms with Gasteiger partial charge in [0.2, 0.25) is 9.84 Å². The topological polar surface area (TPSA) is 139 Å². The highest BCUT2D eigenvalue weighted by atomic mass is 35.5. The number of ether oxygens (including phenoxy) is 1. The number of rotatable bonds is 10. The number of phenols is 1. The van der Waals surface area contributed by atoms with Crippen LogP contribution >= 0.6 is 11.6 Å². The first-order valence-corrected chi connectivity index (χ1v) is 12.2. The van der Waals surface area contributed by atoms with Crippen molar-refractivity contribution in [1.29, 1.82) is 0 Å². The molecule has 3 aromatic carbocycles. The molecule has 0 saturated carbocycles. The second-order valence-electron chi connectivity index (χ2n) is 7.56. The zero-order valence-corrected chi connectivity index (χ0v) is 19.9. The van der Waals surface area contributed by atoms with Crippen molar-refractivity contribution in [3.8, 4) is 11.5 Å². The minimum atomic E-state index is -3.99. The van der Waals surface area contributed by atoms with Gasteiger partial charge in [-0.1, -0.05) is 35.9 Å². The molecule has 0 radical (unpaired) electrons. The van der Waals surface area contributed by atoms with Crippen LogP contribution in [0.2, 0.25) is 5.02 Å². The maximum atomic E-state index is 13.1. The fourth-order valence-corrected chi connectivity index (χ4v) is 4.86. The number of carbonyl (C=O) groups excluding carboxylic acids is 1. The molecule has 0 aliphatic heterocycles. The molecule has 10 heteroatoms. The van der Waals surface area contributed by atoms with Gasteiger partial charge in [-0.3, -0.25) is 4.79 Å². The van der Waals surface area contributed by atoms with Gasteiger partial charge in [0.15, 0.2) is 11.5 Å². The Morgan fingerprint density at radius 3 is 2.44 bits per heavy atom. The molecule has 0 heterocycles. The molecule has 0 aliphatic carbocycles. The van der Waals surface area contributed by atoms with Crippen molar-refractivity contribution in [2.45, 2.75) is 22.3 Å². The third-order valence-electron chi connectivity index (χ3n) is 5.24. The van der Waals surface area contributed by atoms with Crippen molar-refractivity contribution in [1.82, 2.24) is 5.32 Å². The van der Waals surface area contributed by atoms with Crippen LogP contribution in [0.25, 0.3) is 0 Å². The fourth-order valence-electron chi connectivity index (χ4n) is 3.36. The van der Waals surface area contributed by atoms with Crippen LogP contribution < -0.4 is 15.8 Å². The van der Waals surface area contributed by atoms with E-state index >= 15 is 0 Å². The van der Waals surface area contributed by atoms with Gasteiger partial charge in [-0.15, -0.1) is 0 Å². The quantitative estimate of drug-likeness (QED) is 0.311. The number of aliphatic hydroxyl groups is 1. The van der Waals surface area contributed by atoms with E-state index in [4.69, 9.17) is 22.1 Å². The third-order valence-corrected chi connectivity index (χ3v) is 7.22. The normalized spacial score (nSPS) is 12.3. The predicted octanol–water partition coefficient (Wildman–Crippen LogP) is 2.85. The number of nitrogens with one attached hydrogen (secondary N) is 1. The van der Waals surface area contributed by atoms with Crippen LogP contribution in [-0.2, 0) is 16.3 Å². The SMILES string of the molecule is COc1cc(S(=O)(=O)c2ccc(CCNC[C@H](O)c3cccc(Cl)c3)cc2)cc(C(N)=O)c1O. The first-order valence-electron chi connectivity index (χ1n) is 10.3. The van der Waals surface area contributed by atoms with E-state index in [0.717, 1.165) is 23.3 Å². The summed E-state index contributed by atoms with van der Waals surface area (Å²) in [5.74, 6) is -1.66. The molecule has 34 heavy (non-hydrogen) atoms. The van der Waals surface area contributed by atoms with Crippen LogP contribution in [0.15, 0.2) is 70.5 Å². The molecule has 8 nitrogen and oxygen atoms in total. The number of halogens is 1. The van der Waals surface area contributed by atoms with E-state index in [1.807, 2.05) is 0 Å². The van der Waals surface area contributed by atoms with E-state index in [9.17, 15) is 23.4 Å². The summed E-state index contributed by atoms with van der Waals surface area (Å²) < 4.78 is 31.1. The summed E-state index contributed by atoms with van der Waals surface area (Å²) in [6.45, 7) is 0.915. The molecule has 3 aromatic rings. The number of nitrogens with two attached hydrogens (primary N) is 1. The van der Waals surface area contributed by atoms with Gasteiger partial charge in [0.1, 0.15) is 0 Å². The molecule has 1 atom stereocenters. The van der Waals surface area contributed by atoms with E-state index in [2.05, 4.69) is 5.32 Å². The van der Waals surface area contributed by atoms with Crippen molar-refractivity contribution >= 4 is 27.3 Å². The molecule has 1 amide bonds. The van der Waals surface area contributed by atoms with Crippen LogP contribution in [0.3, 0.4) is 0 Å². The number of sulfone groups is 1. The third kappa shape index (κ3) is 5.87. The molecule has 0 bridgehead atoms. The lowest BCUT2D eigenvalue weighted by Gasteiger charge is -2.13. The van der Waals surface area contributed by atoms with Gasteiger partial charge in [0.05, 0.1) is 28.6 Å². The van der Waals surface area contributed by atoms with Crippen molar-refractivity contribution in [3.63, 3.8) is 0 Å². The van der Waals surface area contributed by atoms with Crippen molar-refractivity contribution in [2.75, 3.05) is 20.2 Å². The molecule has 5 N–H and O–H groups in total. The summed E-state index contributed by atoms with van der Waals surface area (Å²) in [6, 6.07) is 15.5. The second kappa shape index (κ2) is 10.9. The van der Waals surface area contributed by atoms with Gasteiger partial charge in [0, 0.05) is 17.6 Å². The van der Waals surface area contributed by atoms with E-state index in [1.165, 1.54) is 19.2 Å². The van der Waals surface area contributed by atoms with Crippen LogP contribution in [0.5, 0.6) is 11.5 Å². The minimum Gasteiger partial charge on any atom is -0.504 e. The number of aromatic hydroxyl groups is 1. The van der Waals surface area contributed by atoms with E-state index in [1.54, 1.807) is 36.4 Å². The molecular weight excluding hydrogens is 480 g/mol. The monoisotopic (exact) mass is 504 g/mol. The Balaban J connectivity index is 1.66. The Morgan fingerprint density at radius 2 is 1.82 bits per heavy atom. The van der Waals surface area contributed by atoms with Crippen LogP contribution in [-0.4, -0.2) is 44.7 Å². The standard InChI is InChI=1S/C24H25ClN2O6S/c1-33-22-13-19(12-20(23(22)29)24(26)30)34(31,32)18-7-5-15(6-8-18)9-10-27-14-21(28)16-3-2-4-17(25)11-16/h2-8,11-13,21,27-29H,9-10,14H2,1H3,(H2,26,30)/t21-/m0/s1. The number of carbonyl (C=O) groups is 1. The number of benzene rings is 3. The summed E-state index contributed by atoms with van der Waals surface area (Å²) in [4.78, 5) is 11.4. The van der Waals surface area contributed by atoms with Gasteiger partial charge < -0.3 is 26.0 Å². The summed E-state index contributed by atoms with van der Waals surface area (Å²) >= 11 is 5.95. The summed E-state index contributed by atoms with van der Waals surface area (Å²) in [6.07, 6.45) is -0.0830. The molecule has 0 aromatic heterocycles. The van der Waals surface area contributed by atoms with Crippen molar-refractivity contribution in [2.24, 2.45) is 5.73 Å². The predicted molar refractivity (Wildman–Crippen MR) is 128 cm³/mol. The highest BCUT2D eigenvalue weighted by Gasteiger charge is 2.23. The zero-order valence-electron chi connectivity index (χ0n) is 18.4. The molecular formula is C24H25ClN2O6S. The Labute approximate surface area is 202 Å². The number of aliphatic hydroxyl groups excluding tert-OH is 1. The van der Waals surface area contributed by atoms with Crippen LogP contribution in [0.4, 0.5) is 0 Å². The van der Waals surface area contributed by atoms with Gasteiger partial charge in [-0.05, 0) is 54.4 Å². The minimum absolute atomic E-state index is 0.0174. The maximum Gasteiger partial charge on any atom is 0.252 e. The largest absolute Gasteiger partial charge is 0.504 e. The van der Waals surface area contributed by atoms with Crippen molar-refractivity contribution in [3.05, 3.63) is 82.4 Å². The van der Waals surface area contributed by atoms with E-state index in [0.29, 0.717) is 24.5 Å². The number of hydrogen-bond acceptors (Lipinski definition) is 7. The Bertz CT molecular complexity index is 1280. The molecule has 0 saturated heterocycles. The highest BCUT2D eigenvalue weighted by Crippen LogP contribution is 2.35. The Hall–Kier alpha value is -3.11. The van der Waals surface area contributed by atoms with E-state index < -0.39 is 27.6 Å². The number of hydrogen-bond donors (Lipinski definition) is 4. The van der Waals surface area contributed by atoms with Gasteiger partial charge in [0.25, 0.3) is 5.91 Å². The molecule has 0 spiro atoms. The Morgan fingerprint density at radius 1 is 1.12 bits per heavy atom. The first kappa shape index (κ1) is 25.5. The van der Waals surface area contributed by atoms with E-state index in [-0.39, 0.29) is 21.1 Å². The summed E-state index contributed by atoms with van der Waals surface area (Å²) in [5, 5.41) is 24.0. The van der Waals surface area contributed by atoms with Crippen LogP contribution in [0.1, 0.15) is 27.6 Å². The highest BCUT2D eigenvalue weighted by molar-refractivity contribution is 7.91. The summed E-state index contributed by atoms with van der Waals surface area (Å²) in [7, 11) is -2.75. The zero-order chi connectivity index (χ0) is 24.9. The molecule has 0 aliphatic rings. The van der Waals surface area contributed by atoms with Crippen molar-refractivity contribution < 1.29 is 28.2 Å². The Kier molecular flexibility index (Phi) is 8.16. The fraction of sp³-hybridized carbons (Fsp3) is 0.208. The molecule has 0 fully saturated rings. The number of amides is 1. The maximum absolute atomic E-state index is 13.1. The average Bonchev–Trinajstić information content (AvgIpc) is 2.81. The molecule has 3 rings (SSSR count). The molecule has 180 valence electrons. The lowest BCUT2D eigenvalue weighted by molar-refractivity contribution is 0.0997. The number of primary amides is 1. The summed E-state index contributed by atoms with van der Waals surface area (Å²) in [5.41, 5.74) is 6.52.